The molecule has 6 rings (SSSR count). The molecule has 4 aromatic rings. The number of nitrogens with one attached hydrogen (secondary N) is 1. The van der Waals surface area contributed by atoms with Crippen molar-refractivity contribution >= 4 is 17.4 Å². The average Bonchev–Trinajstić information content (AvgIpc) is 3.57. The summed E-state index contributed by atoms with van der Waals surface area (Å²) in [4.78, 5) is 30.7. The Morgan fingerprint density at radius 1 is 0.941 bits per heavy atom. The van der Waals surface area contributed by atoms with Crippen molar-refractivity contribution in [2.45, 2.75) is 25.2 Å². The number of anilines is 2. The number of piperidine rings is 1. The summed E-state index contributed by atoms with van der Waals surface area (Å²) >= 11 is 0. The second-order valence-electron chi connectivity index (χ2n) is 9.04. The third-order valence-electron chi connectivity index (χ3n) is 6.94. The van der Waals surface area contributed by atoms with Crippen LogP contribution in [0.4, 0.5) is 11.5 Å². The van der Waals surface area contributed by atoms with Gasteiger partial charge in [-0.05, 0) is 48.6 Å². The molecule has 2 aromatic carbocycles. The summed E-state index contributed by atoms with van der Waals surface area (Å²) in [6.07, 6.45) is 6.69. The van der Waals surface area contributed by atoms with E-state index in [0.717, 1.165) is 60.9 Å². The van der Waals surface area contributed by atoms with E-state index in [1.807, 2.05) is 59.6 Å². The van der Waals surface area contributed by atoms with Crippen molar-refractivity contribution in [3.05, 3.63) is 96.1 Å². The van der Waals surface area contributed by atoms with Crippen LogP contribution in [0.1, 0.15) is 40.5 Å². The predicted octanol–water partition coefficient (Wildman–Crippen LogP) is 5.06. The summed E-state index contributed by atoms with van der Waals surface area (Å²) in [6.45, 7) is 2.38. The van der Waals surface area contributed by atoms with Gasteiger partial charge in [-0.1, -0.05) is 48.5 Å². The van der Waals surface area contributed by atoms with Crippen molar-refractivity contribution < 1.29 is 4.79 Å². The fourth-order valence-electron chi connectivity index (χ4n) is 5.21. The maximum atomic E-state index is 13.6. The first-order chi connectivity index (χ1) is 16.8. The van der Waals surface area contributed by atoms with E-state index in [-0.39, 0.29) is 11.8 Å². The molecule has 170 valence electrons. The monoisotopic (exact) mass is 449 g/mol. The number of carbonyl (C=O) groups excluding carboxylic acids is 1. The minimum atomic E-state index is 0.0273. The summed E-state index contributed by atoms with van der Waals surface area (Å²) in [6, 6.07) is 22.2. The van der Waals surface area contributed by atoms with E-state index >= 15 is 0 Å². The predicted molar refractivity (Wildman–Crippen MR) is 134 cm³/mol. The lowest BCUT2D eigenvalue weighted by Crippen LogP contribution is -2.38. The molecule has 2 aliphatic rings. The molecule has 2 aliphatic heterocycles. The van der Waals surface area contributed by atoms with Crippen LogP contribution in [0.3, 0.4) is 0 Å². The number of fused-ring (bicyclic) bond motifs is 1. The van der Waals surface area contributed by atoms with Gasteiger partial charge in [0.25, 0.3) is 5.91 Å². The number of para-hydroxylation sites is 1. The maximum absolute atomic E-state index is 13.6. The summed E-state index contributed by atoms with van der Waals surface area (Å²) in [5.74, 6) is 2.07. The first kappa shape index (κ1) is 20.7. The molecule has 1 atom stereocenters. The molecule has 1 saturated heterocycles. The summed E-state index contributed by atoms with van der Waals surface area (Å²) in [7, 11) is 0. The van der Waals surface area contributed by atoms with E-state index in [2.05, 4.69) is 33.1 Å². The van der Waals surface area contributed by atoms with Gasteiger partial charge >= 0.3 is 0 Å². The Morgan fingerprint density at radius 3 is 2.71 bits per heavy atom. The molecule has 0 bridgehead atoms. The van der Waals surface area contributed by atoms with E-state index in [4.69, 9.17) is 4.98 Å². The highest BCUT2D eigenvalue weighted by atomic mass is 16.2. The van der Waals surface area contributed by atoms with Crippen molar-refractivity contribution in [2.24, 2.45) is 0 Å². The van der Waals surface area contributed by atoms with Crippen LogP contribution < -0.4 is 9.80 Å². The highest BCUT2D eigenvalue weighted by molar-refractivity contribution is 6.10. The molecule has 4 heterocycles. The summed E-state index contributed by atoms with van der Waals surface area (Å²) < 4.78 is 0. The summed E-state index contributed by atoms with van der Waals surface area (Å²) in [5, 5.41) is 0. The molecule has 6 nitrogen and oxygen atoms in total. The lowest BCUT2D eigenvalue weighted by molar-refractivity contribution is 0.0989. The largest absolute Gasteiger partial charge is 0.355 e. The van der Waals surface area contributed by atoms with Gasteiger partial charge in [-0.25, -0.2) is 9.97 Å². The molecule has 6 heteroatoms. The van der Waals surface area contributed by atoms with Crippen molar-refractivity contribution in [1.82, 2.24) is 15.0 Å². The number of aromatic amines is 1. The highest BCUT2D eigenvalue weighted by Crippen LogP contribution is 2.33. The number of hydrogen-bond acceptors (Lipinski definition) is 4. The van der Waals surface area contributed by atoms with Gasteiger partial charge in [0.15, 0.2) is 0 Å². The number of H-pyrrole nitrogens is 1. The number of hydrogen-bond donors (Lipinski definition) is 1. The van der Waals surface area contributed by atoms with Gasteiger partial charge in [-0.15, -0.1) is 0 Å². The summed E-state index contributed by atoms with van der Waals surface area (Å²) in [5.41, 5.74) is 5.09. The lowest BCUT2D eigenvalue weighted by Gasteiger charge is -2.34. The fraction of sp³-hybridized carbons (Fsp3) is 0.250. The molecular weight excluding hydrogens is 422 g/mol. The van der Waals surface area contributed by atoms with E-state index in [1.165, 1.54) is 5.56 Å². The van der Waals surface area contributed by atoms with Crippen LogP contribution in [0.25, 0.3) is 11.3 Å². The Morgan fingerprint density at radius 2 is 1.79 bits per heavy atom. The maximum Gasteiger partial charge on any atom is 0.262 e. The van der Waals surface area contributed by atoms with Crippen LogP contribution in [0.15, 0.2) is 79.1 Å². The Bertz CT molecular complexity index is 1320. The second-order valence-corrected chi connectivity index (χ2v) is 9.04. The Kier molecular flexibility index (Phi) is 5.34. The zero-order valence-electron chi connectivity index (χ0n) is 19.0. The lowest BCUT2D eigenvalue weighted by atomic mass is 9.97. The first-order valence-electron chi connectivity index (χ1n) is 12.0. The molecule has 1 unspecified atom stereocenters. The van der Waals surface area contributed by atoms with E-state index < -0.39 is 0 Å². The molecule has 34 heavy (non-hydrogen) atoms. The average molecular weight is 450 g/mol. The fourth-order valence-corrected chi connectivity index (χ4v) is 5.21. The highest BCUT2D eigenvalue weighted by Gasteiger charge is 2.31. The van der Waals surface area contributed by atoms with Crippen LogP contribution in [0.5, 0.6) is 0 Å². The van der Waals surface area contributed by atoms with Gasteiger partial charge in [0.2, 0.25) is 0 Å². The van der Waals surface area contributed by atoms with Gasteiger partial charge in [-0.2, -0.15) is 0 Å². The Labute approximate surface area is 199 Å². The Hall–Kier alpha value is -3.93. The van der Waals surface area contributed by atoms with Crippen molar-refractivity contribution in [3.63, 3.8) is 0 Å². The van der Waals surface area contributed by atoms with Crippen LogP contribution in [0, 0.1) is 0 Å². The topological polar surface area (TPSA) is 65.1 Å². The number of nitrogens with zero attached hydrogens (tertiary/aromatic N) is 4. The number of imidazole rings is 1. The van der Waals surface area contributed by atoms with Crippen molar-refractivity contribution in [1.29, 1.82) is 0 Å². The Balaban J connectivity index is 1.25. The van der Waals surface area contributed by atoms with E-state index in [0.29, 0.717) is 12.1 Å². The van der Waals surface area contributed by atoms with Gasteiger partial charge in [-0.3, -0.25) is 4.79 Å². The third kappa shape index (κ3) is 3.75. The molecule has 0 aliphatic carbocycles. The van der Waals surface area contributed by atoms with Gasteiger partial charge in [0, 0.05) is 37.4 Å². The SMILES string of the molecule is O=C(c1cccnc1N1CCCC(c2ncc(-c3ccccc3)[nH]2)C1)N1CCc2ccccc21. The van der Waals surface area contributed by atoms with Gasteiger partial charge in [0.05, 0.1) is 17.5 Å². The number of carbonyl (C=O) groups is 1. The third-order valence-corrected chi connectivity index (χ3v) is 6.94. The quantitative estimate of drug-likeness (QED) is 0.473. The number of rotatable bonds is 4. The molecule has 1 fully saturated rings. The molecular formula is C28H27N5O. The van der Waals surface area contributed by atoms with Gasteiger partial charge < -0.3 is 14.8 Å². The zero-order valence-corrected chi connectivity index (χ0v) is 19.0. The second kappa shape index (κ2) is 8.78. The van der Waals surface area contributed by atoms with Gasteiger partial charge in [0.1, 0.15) is 11.6 Å². The number of pyridine rings is 1. The molecule has 0 spiro atoms. The first-order valence-corrected chi connectivity index (χ1v) is 12.0. The van der Waals surface area contributed by atoms with Crippen LogP contribution >= 0.6 is 0 Å². The molecule has 2 aromatic heterocycles. The standard InChI is InChI=1S/C28H27N5O/c34-28(33-17-14-21-10-4-5-13-25(21)33)23-12-6-15-29-27(23)32-16-7-11-22(19-32)26-30-18-24(31-26)20-8-2-1-3-9-20/h1-6,8-10,12-13,15,18,22H,7,11,14,16-17,19H2,(H,30,31). The van der Waals surface area contributed by atoms with Crippen molar-refractivity contribution in [3.8, 4) is 11.3 Å². The van der Waals surface area contributed by atoms with Crippen LogP contribution in [-0.4, -0.2) is 40.5 Å². The number of benzene rings is 2. The minimum absolute atomic E-state index is 0.0273. The van der Waals surface area contributed by atoms with Crippen LogP contribution in [0.2, 0.25) is 0 Å². The molecule has 1 N–H and O–H groups in total. The minimum Gasteiger partial charge on any atom is -0.355 e. The van der Waals surface area contributed by atoms with Crippen molar-refractivity contribution in [2.75, 3.05) is 29.4 Å². The van der Waals surface area contributed by atoms with E-state index in [9.17, 15) is 4.79 Å². The molecule has 0 radical (unpaired) electrons. The van der Waals surface area contributed by atoms with E-state index in [1.54, 1.807) is 6.20 Å². The normalized spacial score (nSPS) is 17.6. The molecule has 1 amide bonds. The zero-order chi connectivity index (χ0) is 22.9. The molecule has 0 saturated carbocycles. The smallest absolute Gasteiger partial charge is 0.262 e. The number of amides is 1. The van der Waals surface area contributed by atoms with Crippen LogP contribution in [-0.2, 0) is 6.42 Å². The number of aromatic nitrogens is 3.